The van der Waals surface area contributed by atoms with Crippen LogP contribution in [0, 0.1) is 11.8 Å². The number of halogens is 3. The summed E-state index contributed by atoms with van der Waals surface area (Å²) in [7, 11) is 6.54. The molecule has 1 saturated carbocycles. The largest absolute Gasteiger partial charge is 0.508 e. The van der Waals surface area contributed by atoms with Crippen LogP contribution in [0.4, 0.5) is 18.9 Å². The highest BCUT2D eigenvalue weighted by Gasteiger charge is 2.64. The first-order valence-electron chi connectivity index (χ1n) is 14.1. The maximum atomic E-state index is 14.1. The lowest BCUT2D eigenvalue weighted by Gasteiger charge is -2.50. The van der Waals surface area contributed by atoms with Crippen LogP contribution in [-0.4, -0.2) is 107 Å². The van der Waals surface area contributed by atoms with Crippen molar-refractivity contribution >= 4 is 28.9 Å². The highest BCUT2D eigenvalue weighted by Crippen LogP contribution is 2.54. The number of ketones is 2. The van der Waals surface area contributed by atoms with Crippen molar-refractivity contribution in [1.29, 1.82) is 0 Å². The Labute approximate surface area is 251 Å². The number of aliphatic hydroxyl groups is 3. The Balaban J connectivity index is 1.63. The number of nitrogens with zero attached hydrogens (tertiary/aromatic N) is 3. The molecule has 0 saturated heterocycles. The summed E-state index contributed by atoms with van der Waals surface area (Å²) in [5, 5.41) is 45.8. The van der Waals surface area contributed by atoms with E-state index in [4.69, 9.17) is 5.73 Å². The van der Waals surface area contributed by atoms with Crippen LogP contribution in [-0.2, 0) is 27.3 Å². The third-order valence-electron chi connectivity index (χ3n) is 9.31. The van der Waals surface area contributed by atoms with E-state index in [1.54, 1.807) is 30.0 Å². The summed E-state index contributed by atoms with van der Waals surface area (Å²) in [4.78, 5) is 44.4. The molecule has 3 aliphatic carbocycles. The van der Waals surface area contributed by atoms with Gasteiger partial charge in [0, 0.05) is 62.0 Å². The topological polar surface area (TPSA) is 168 Å². The highest BCUT2D eigenvalue weighted by atomic mass is 19.4. The van der Waals surface area contributed by atoms with E-state index in [2.05, 4.69) is 0 Å². The molecule has 6 N–H and O–H groups in total. The lowest BCUT2D eigenvalue weighted by Crippen LogP contribution is -2.65. The first-order chi connectivity index (χ1) is 20.4. The highest BCUT2D eigenvalue weighted by molar-refractivity contribution is 6.24. The predicted octanol–water partition coefficient (Wildman–Crippen LogP) is 1.72. The molecule has 11 nitrogen and oxygen atoms in total. The van der Waals surface area contributed by atoms with Gasteiger partial charge in [-0.25, -0.2) is 0 Å². The molecule has 14 heteroatoms. The van der Waals surface area contributed by atoms with E-state index in [-0.39, 0.29) is 55.8 Å². The standard InChI is InChI=1S/C30H35F3N4O7/c1-35(2)18-11-14(12-37-7-5-15(6-8-37)30(31,32)33)23(38)20-16(18)9-13-10-17-22(36(3)4)25(40)21(28(34)43)27(42)29(17,44)26(41)19(13)24(20)39/h5,11,13,17,22,38-39,42,44H,6-10,12H2,1-4H3,(H2,34,43)/t13-,17-,22-,29-/m0/s1. The number of rotatable bonds is 5. The van der Waals surface area contributed by atoms with Crippen molar-refractivity contribution in [3.8, 4) is 5.75 Å². The average molecular weight is 621 g/mol. The number of carbonyl (C=O) groups is 3. The summed E-state index contributed by atoms with van der Waals surface area (Å²) in [5.41, 5.74) is 2.17. The molecule has 4 atom stereocenters. The van der Waals surface area contributed by atoms with Gasteiger partial charge in [-0.3, -0.25) is 24.2 Å². The molecule has 1 aliphatic heterocycles. The van der Waals surface area contributed by atoms with Crippen LogP contribution in [0.1, 0.15) is 29.5 Å². The minimum atomic E-state index is -4.41. The molecular formula is C30H35F3N4O7. The lowest BCUT2D eigenvalue weighted by atomic mass is 9.57. The average Bonchev–Trinajstić information content (AvgIpc) is 2.91. The molecule has 1 heterocycles. The van der Waals surface area contributed by atoms with Crippen molar-refractivity contribution in [3.63, 3.8) is 0 Å². The fraction of sp³-hybridized carbons (Fsp3) is 0.500. The molecule has 238 valence electrons. The van der Waals surface area contributed by atoms with Gasteiger partial charge in [0.1, 0.15) is 22.8 Å². The predicted molar refractivity (Wildman–Crippen MR) is 153 cm³/mol. The summed E-state index contributed by atoms with van der Waals surface area (Å²) in [6.45, 7) is 0.122. The Morgan fingerprint density at radius 2 is 1.82 bits per heavy atom. The number of aliphatic hydroxyl groups excluding tert-OH is 2. The number of primary amides is 1. The fourth-order valence-corrected chi connectivity index (χ4v) is 7.22. The zero-order valence-corrected chi connectivity index (χ0v) is 24.7. The molecule has 1 fully saturated rings. The smallest absolute Gasteiger partial charge is 0.412 e. The van der Waals surface area contributed by atoms with Gasteiger partial charge in [-0.05, 0) is 50.9 Å². The number of nitrogens with two attached hydrogens (primary N) is 1. The number of amides is 1. The number of anilines is 1. The maximum absolute atomic E-state index is 14.1. The van der Waals surface area contributed by atoms with E-state index < -0.39 is 69.8 Å². The van der Waals surface area contributed by atoms with Crippen molar-refractivity contribution in [2.75, 3.05) is 46.2 Å². The van der Waals surface area contributed by atoms with E-state index >= 15 is 0 Å². The van der Waals surface area contributed by atoms with Crippen molar-refractivity contribution in [1.82, 2.24) is 9.80 Å². The molecule has 5 rings (SSSR count). The van der Waals surface area contributed by atoms with E-state index in [9.17, 15) is 48.0 Å². The Bertz CT molecular complexity index is 1560. The Morgan fingerprint density at radius 1 is 1.16 bits per heavy atom. The quantitative estimate of drug-likeness (QED) is 0.242. The van der Waals surface area contributed by atoms with E-state index in [1.807, 2.05) is 0 Å². The van der Waals surface area contributed by atoms with Gasteiger partial charge in [0.25, 0.3) is 5.91 Å². The molecule has 0 spiro atoms. The molecule has 0 unspecified atom stereocenters. The monoisotopic (exact) mass is 620 g/mol. The van der Waals surface area contributed by atoms with Gasteiger partial charge < -0.3 is 31.1 Å². The lowest BCUT2D eigenvalue weighted by molar-refractivity contribution is -0.153. The second-order valence-electron chi connectivity index (χ2n) is 12.3. The molecule has 0 bridgehead atoms. The molecule has 0 aromatic heterocycles. The van der Waals surface area contributed by atoms with Crippen molar-refractivity contribution in [3.05, 3.63) is 51.3 Å². The third-order valence-corrected chi connectivity index (χ3v) is 9.31. The molecular weight excluding hydrogens is 585 g/mol. The maximum Gasteiger partial charge on any atom is 0.412 e. The summed E-state index contributed by atoms with van der Waals surface area (Å²) >= 11 is 0. The van der Waals surface area contributed by atoms with E-state index in [0.29, 0.717) is 16.8 Å². The van der Waals surface area contributed by atoms with Gasteiger partial charge in [-0.15, -0.1) is 0 Å². The molecule has 1 amide bonds. The normalized spacial score (nSPS) is 27.7. The van der Waals surface area contributed by atoms with E-state index in [1.165, 1.54) is 19.0 Å². The van der Waals surface area contributed by atoms with Crippen LogP contribution in [0.3, 0.4) is 0 Å². The number of phenolic OH excluding ortho intramolecular Hbond substituents is 1. The molecule has 44 heavy (non-hydrogen) atoms. The van der Waals surface area contributed by atoms with Gasteiger partial charge in [0.2, 0.25) is 5.78 Å². The van der Waals surface area contributed by atoms with Gasteiger partial charge in [0.05, 0.1) is 11.6 Å². The number of aromatic hydroxyl groups is 1. The second-order valence-corrected chi connectivity index (χ2v) is 12.3. The zero-order valence-electron chi connectivity index (χ0n) is 24.7. The van der Waals surface area contributed by atoms with Crippen molar-refractivity contribution in [2.45, 2.75) is 43.6 Å². The van der Waals surface area contributed by atoms with Gasteiger partial charge >= 0.3 is 6.18 Å². The number of phenols is 1. The third kappa shape index (κ3) is 4.66. The zero-order chi connectivity index (χ0) is 32.6. The minimum Gasteiger partial charge on any atom is -0.508 e. The molecule has 4 aliphatic rings. The fourth-order valence-electron chi connectivity index (χ4n) is 7.22. The van der Waals surface area contributed by atoms with Crippen LogP contribution in [0.25, 0.3) is 5.76 Å². The van der Waals surface area contributed by atoms with Crippen LogP contribution >= 0.6 is 0 Å². The van der Waals surface area contributed by atoms with Gasteiger partial charge in [0.15, 0.2) is 11.4 Å². The molecule has 1 aromatic carbocycles. The van der Waals surface area contributed by atoms with E-state index in [0.717, 1.165) is 6.08 Å². The molecule has 1 aromatic rings. The Kier molecular flexibility index (Phi) is 7.62. The number of likely N-dealkylation sites (N-methyl/N-ethyl adjacent to an activating group) is 1. The first kappa shape index (κ1) is 31.5. The Hall–Kier alpha value is -3.88. The number of hydrogen-bond donors (Lipinski definition) is 5. The number of hydrogen-bond acceptors (Lipinski definition) is 10. The Morgan fingerprint density at radius 3 is 2.34 bits per heavy atom. The first-order valence-corrected chi connectivity index (χ1v) is 14.1. The second kappa shape index (κ2) is 10.6. The van der Waals surface area contributed by atoms with Crippen LogP contribution in [0.15, 0.2) is 34.6 Å². The number of Topliss-reactive ketones (excluding diaryl/α,β-unsaturated/α-hetero) is 2. The number of alkyl halides is 3. The van der Waals surface area contributed by atoms with Crippen LogP contribution in [0.5, 0.6) is 5.75 Å². The van der Waals surface area contributed by atoms with Crippen molar-refractivity contribution in [2.24, 2.45) is 17.6 Å². The number of fused-ring (bicyclic) bond motifs is 3. The summed E-state index contributed by atoms with van der Waals surface area (Å²) < 4.78 is 39.4. The SMILES string of the molecule is CN(C)c1cc(CN2CC=C(C(F)(F)F)CC2)c(O)c2c1C[C@H]1C[C@H]3[C@H](N(C)C)C(=O)C(C(N)=O)=C(O)[C@@]3(O)C(=O)C1=C2O. The van der Waals surface area contributed by atoms with Crippen LogP contribution < -0.4 is 10.6 Å². The van der Waals surface area contributed by atoms with Gasteiger partial charge in [-0.2, -0.15) is 13.2 Å². The van der Waals surface area contributed by atoms with Crippen molar-refractivity contribution < 1.29 is 48.0 Å². The van der Waals surface area contributed by atoms with Gasteiger partial charge in [-0.1, -0.05) is 6.08 Å². The molecule has 0 radical (unpaired) electrons. The number of carbonyl (C=O) groups excluding carboxylic acids is 3. The summed E-state index contributed by atoms with van der Waals surface area (Å²) in [6, 6.07) is 0.504. The number of benzene rings is 1. The van der Waals surface area contributed by atoms with Crippen LogP contribution in [0.2, 0.25) is 0 Å². The summed E-state index contributed by atoms with van der Waals surface area (Å²) in [5.74, 6) is -7.35. The minimum absolute atomic E-state index is 0.00964. The summed E-state index contributed by atoms with van der Waals surface area (Å²) in [6.07, 6.45) is -3.45.